The van der Waals surface area contributed by atoms with Crippen molar-refractivity contribution in [3.05, 3.63) is 69.5 Å². The second kappa shape index (κ2) is 5.41. The molecular weight excluding hydrogens is 315 g/mol. The third-order valence-electron chi connectivity index (χ3n) is 3.06. The molecule has 0 bridgehead atoms. The topological polar surface area (TPSA) is 0 Å². The van der Waals surface area contributed by atoms with Crippen LogP contribution in [0.3, 0.4) is 0 Å². The van der Waals surface area contributed by atoms with Crippen molar-refractivity contribution in [3.63, 3.8) is 0 Å². The molecule has 0 N–H and O–H groups in total. The first kappa shape index (κ1) is 13.6. The number of alkyl halides is 1. The normalized spacial score (nSPS) is 12.5. The van der Waals surface area contributed by atoms with Crippen LogP contribution in [0.25, 0.3) is 0 Å². The quantitative estimate of drug-likeness (QED) is 0.632. The van der Waals surface area contributed by atoms with Crippen LogP contribution in [0.1, 0.15) is 27.1 Å². The lowest BCUT2D eigenvalue weighted by Gasteiger charge is -2.14. The summed E-state index contributed by atoms with van der Waals surface area (Å²) in [4.78, 5) is -0.0232. The van der Waals surface area contributed by atoms with Crippen LogP contribution in [0.5, 0.6) is 0 Å². The maximum atomic E-state index is 13.0. The van der Waals surface area contributed by atoms with Crippen LogP contribution in [0.15, 0.2) is 36.4 Å². The van der Waals surface area contributed by atoms with Gasteiger partial charge >= 0.3 is 0 Å². The van der Waals surface area contributed by atoms with Gasteiger partial charge in [0, 0.05) is 5.02 Å². The highest BCUT2D eigenvalue weighted by Gasteiger charge is 2.14. The van der Waals surface area contributed by atoms with Crippen LogP contribution in [0.4, 0.5) is 4.39 Å². The SMILES string of the molecule is Cc1ccc(C(Br)c2ccc(F)cc2Cl)cc1C. The molecule has 2 aromatic carbocycles. The maximum absolute atomic E-state index is 13.0. The Labute approximate surface area is 120 Å². The molecule has 0 radical (unpaired) electrons. The molecule has 18 heavy (non-hydrogen) atoms. The number of rotatable bonds is 2. The Bertz CT molecular complexity index is 581. The van der Waals surface area contributed by atoms with Crippen LogP contribution in [-0.4, -0.2) is 0 Å². The lowest BCUT2D eigenvalue weighted by atomic mass is 10.0. The van der Waals surface area contributed by atoms with E-state index < -0.39 is 0 Å². The minimum atomic E-state index is -0.316. The van der Waals surface area contributed by atoms with E-state index in [0.717, 1.165) is 11.1 Å². The van der Waals surface area contributed by atoms with E-state index in [1.807, 2.05) is 0 Å². The Kier molecular flexibility index (Phi) is 4.08. The molecule has 0 aliphatic carbocycles. The molecule has 3 heteroatoms. The highest BCUT2D eigenvalue weighted by atomic mass is 79.9. The minimum absolute atomic E-state index is 0.0232. The van der Waals surface area contributed by atoms with Gasteiger partial charge in [-0.05, 0) is 48.2 Å². The summed E-state index contributed by atoms with van der Waals surface area (Å²) in [6.07, 6.45) is 0. The Morgan fingerprint density at radius 2 is 1.78 bits per heavy atom. The summed E-state index contributed by atoms with van der Waals surface area (Å²) in [6.45, 7) is 4.15. The molecule has 0 saturated carbocycles. The first-order valence-corrected chi connectivity index (χ1v) is 6.94. The molecule has 94 valence electrons. The van der Waals surface area contributed by atoms with Gasteiger partial charge in [0.15, 0.2) is 0 Å². The molecule has 0 aliphatic rings. The number of hydrogen-bond donors (Lipinski definition) is 0. The van der Waals surface area contributed by atoms with E-state index in [1.54, 1.807) is 6.07 Å². The first-order chi connectivity index (χ1) is 8.49. The molecule has 1 atom stereocenters. The van der Waals surface area contributed by atoms with Crippen LogP contribution in [0.2, 0.25) is 5.02 Å². The first-order valence-electron chi connectivity index (χ1n) is 5.65. The molecule has 1 unspecified atom stereocenters. The lowest BCUT2D eigenvalue weighted by Crippen LogP contribution is -1.96. The molecule has 0 aliphatic heterocycles. The summed E-state index contributed by atoms with van der Waals surface area (Å²) in [7, 11) is 0. The highest BCUT2D eigenvalue weighted by Crippen LogP contribution is 2.36. The second-order valence-corrected chi connectivity index (χ2v) is 5.69. The zero-order valence-electron chi connectivity index (χ0n) is 10.2. The Morgan fingerprint density at radius 1 is 1.06 bits per heavy atom. The van der Waals surface area contributed by atoms with Crippen molar-refractivity contribution >= 4 is 27.5 Å². The number of benzene rings is 2. The summed E-state index contributed by atoms with van der Waals surface area (Å²) < 4.78 is 13.0. The van der Waals surface area contributed by atoms with Gasteiger partial charge in [0.05, 0.1) is 4.83 Å². The van der Waals surface area contributed by atoms with Crippen molar-refractivity contribution < 1.29 is 4.39 Å². The lowest BCUT2D eigenvalue weighted by molar-refractivity contribution is 0.627. The highest BCUT2D eigenvalue weighted by molar-refractivity contribution is 9.09. The summed E-state index contributed by atoms with van der Waals surface area (Å²) in [5, 5.41) is 0.440. The van der Waals surface area contributed by atoms with E-state index >= 15 is 0 Å². The maximum Gasteiger partial charge on any atom is 0.124 e. The fraction of sp³-hybridized carbons (Fsp3) is 0.200. The smallest absolute Gasteiger partial charge is 0.124 e. The third-order valence-corrected chi connectivity index (χ3v) is 4.41. The van der Waals surface area contributed by atoms with Crippen molar-refractivity contribution in [3.8, 4) is 0 Å². The monoisotopic (exact) mass is 326 g/mol. The number of halogens is 3. The minimum Gasteiger partial charge on any atom is -0.207 e. The standard InChI is InChI=1S/C15H13BrClF/c1-9-3-4-11(7-10(9)2)15(16)13-6-5-12(18)8-14(13)17/h3-8,15H,1-2H3. The zero-order valence-corrected chi connectivity index (χ0v) is 12.5. The summed E-state index contributed by atoms with van der Waals surface area (Å²) in [6, 6.07) is 10.7. The van der Waals surface area contributed by atoms with Crippen LogP contribution in [-0.2, 0) is 0 Å². The largest absolute Gasteiger partial charge is 0.207 e. The summed E-state index contributed by atoms with van der Waals surface area (Å²) in [5.74, 6) is -0.316. The van der Waals surface area contributed by atoms with Gasteiger partial charge in [-0.1, -0.05) is 51.8 Å². The van der Waals surface area contributed by atoms with Crippen molar-refractivity contribution in [2.75, 3.05) is 0 Å². The molecule has 0 amide bonds. The van der Waals surface area contributed by atoms with Gasteiger partial charge in [-0.2, -0.15) is 0 Å². The Balaban J connectivity index is 2.41. The molecule has 0 fully saturated rings. The van der Waals surface area contributed by atoms with Gasteiger partial charge in [0.2, 0.25) is 0 Å². The van der Waals surface area contributed by atoms with E-state index in [2.05, 4.69) is 48.0 Å². The van der Waals surface area contributed by atoms with E-state index in [-0.39, 0.29) is 10.6 Å². The van der Waals surface area contributed by atoms with Crippen molar-refractivity contribution in [1.82, 2.24) is 0 Å². The zero-order chi connectivity index (χ0) is 13.3. The fourth-order valence-corrected chi connectivity index (χ4v) is 2.90. The molecule has 0 heterocycles. The van der Waals surface area contributed by atoms with Crippen LogP contribution in [0, 0.1) is 19.7 Å². The summed E-state index contributed by atoms with van der Waals surface area (Å²) >= 11 is 9.70. The van der Waals surface area contributed by atoms with E-state index in [0.29, 0.717) is 5.02 Å². The van der Waals surface area contributed by atoms with Gasteiger partial charge < -0.3 is 0 Å². The molecule has 0 aromatic heterocycles. The molecule has 2 rings (SSSR count). The average molecular weight is 328 g/mol. The average Bonchev–Trinajstić information content (AvgIpc) is 2.32. The van der Waals surface area contributed by atoms with Gasteiger partial charge in [0.1, 0.15) is 5.82 Å². The molecule has 2 aromatic rings. The van der Waals surface area contributed by atoms with E-state index in [1.165, 1.54) is 23.3 Å². The molecule has 0 spiro atoms. The predicted molar refractivity (Wildman–Crippen MR) is 78.1 cm³/mol. The van der Waals surface area contributed by atoms with Crippen molar-refractivity contribution in [2.45, 2.75) is 18.7 Å². The van der Waals surface area contributed by atoms with Crippen LogP contribution < -0.4 is 0 Å². The Hall–Kier alpha value is -0.860. The second-order valence-electron chi connectivity index (χ2n) is 4.37. The Morgan fingerprint density at radius 3 is 2.39 bits per heavy atom. The van der Waals surface area contributed by atoms with Crippen LogP contribution >= 0.6 is 27.5 Å². The van der Waals surface area contributed by atoms with Gasteiger partial charge in [-0.25, -0.2) is 4.39 Å². The van der Waals surface area contributed by atoms with Gasteiger partial charge in [-0.15, -0.1) is 0 Å². The molecule has 0 saturated heterocycles. The van der Waals surface area contributed by atoms with Gasteiger partial charge in [0.25, 0.3) is 0 Å². The van der Waals surface area contributed by atoms with Crippen molar-refractivity contribution in [2.24, 2.45) is 0 Å². The number of hydrogen-bond acceptors (Lipinski definition) is 0. The van der Waals surface area contributed by atoms with Crippen molar-refractivity contribution in [1.29, 1.82) is 0 Å². The van der Waals surface area contributed by atoms with Gasteiger partial charge in [-0.3, -0.25) is 0 Å². The molecular formula is C15H13BrClF. The third kappa shape index (κ3) is 2.76. The van der Waals surface area contributed by atoms with E-state index in [9.17, 15) is 4.39 Å². The predicted octanol–water partition coefficient (Wildman–Crippen LogP) is 5.58. The fourth-order valence-electron chi connectivity index (χ4n) is 1.81. The molecule has 0 nitrogen and oxygen atoms in total. The summed E-state index contributed by atoms with van der Waals surface area (Å²) in [5.41, 5.74) is 4.48. The number of aryl methyl sites for hydroxylation is 2. The van der Waals surface area contributed by atoms with E-state index in [4.69, 9.17) is 11.6 Å².